The molecule has 0 bridgehead atoms. The molecule has 0 aliphatic heterocycles. The van der Waals surface area contributed by atoms with Crippen molar-refractivity contribution in [2.45, 2.75) is 199 Å². The van der Waals surface area contributed by atoms with Gasteiger partial charge in [-0.2, -0.15) is 4.20 Å². The molecule has 0 aliphatic rings. The van der Waals surface area contributed by atoms with Crippen molar-refractivity contribution in [2.75, 3.05) is 60.3 Å². The van der Waals surface area contributed by atoms with Crippen LogP contribution in [-0.2, 0) is 27.4 Å². The SMILES string of the molecule is C#CCCCCCCCCCCCCCCCCP(=O)(F)OCC(COP(=O)(O)OCC[N+](C)(C)C)OCCCCCCCCCCCCCCCC. The summed E-state index contributed by atoms with van der Waals surface area (Å²) in [7, 11) is -2.79. The van der Waals surface area contributed by atoms with Gasteiger partial charge in [0.1, 0.15) is 19.3 Å². The summed E-state index contributed by atoms with van der Waals surface area (Å²) in [4.78, 5) is 10.2. The van der Waals surface area contributed by atoms with Crippen LogP contribution >= 0.6 is 15.5 Å². The van der Waals surface area contributed by atoms with E-state index in [2.05, 4.69) is 12.8 Å². The quantitative estimate of drug-likeness (QED) is 0.0285. The zero-order valence-corrected chi connectivity index (χ0v) is 36.8. The lowest BCUT2D eigenvalue weighted by Crippen LogP contribution is -2.37. The van der Waals surface area contributed by atoms with Gasteiger partial charge in [-0.05, 0) is 19.3 Å². The normalized spacial score (nSPS) is 14.9. The van der Waals surface area contributed by atoms with Crippen LogP contribution in [0.25, 0.3) is 0 Å². The largest absolute Gasteiger partial charge is 0.472 e. The lowest BCUT2D eigenvalue weighted by molar-refractivity contribution is -0.870. The molecule has 0 aromatic rings. The molecule has 0 spiro atoms. The van der Waals surface area contributed by atoms with E-state index in [1.54, 1.807) is 0 Å². The van der Waals surface area contributed by atoms with E-state index in [9.17, 15) is 18.2 Å². The summed E-state index contributed by atoms with van der Waals surface area (Å²) in [5, 5.41) is 0. The molecule has 8 nitrogen and oxygen atoms in total. The van der Waals surface area contributed by atoms with Gasteiger partial charge in [-0.15, -0.1) is 12.3 Å². The van der Waals surface area contributed by atoms with E-state index in [1.807, 2.05) is 21.1 Å². The van der Waals surface area contributed by atoms with Crippen LogP contribution in [0, 0.1) is 12.3 Å². The molecule has 3 unspecified atom stereocenters. The van der Waals surface area contributed by atoms with Crippen LogP contribution in [0.2, 0.25) is 0 Å². The minimum Gasteiger partial charge on any atom is -0.373 e. The second-order valence-electron chi connectivity index (χ2n) is 16.2. The lowest BCUT2D eigenvalue weighted by Gasteiger charge is -2.24. The highest BCUT2D eigenvalue weighted by molar-refractivity contribution is 7.53. The van der Waals surface area contributed by atoms with Gasteiger partial charge in [-0.25, -0.2) is 4.57 Å². The molecule has 0 aromatic heterocycles. The van der Waals surface area contributed by atoms with Crippen LogP contribution in [0.5, 0.6) is 0 Å². The molecule has 0 aliphatic carbocycles. The molecule has 0 saturated heterocycles. The Morgan fingerprint density at radius 2 is 0.981 bits per heavy atom. The van der Waals surface area contributed by atoms with Crippen LogP contribution in [-0.4, -0.2) is 75.8 Å². The van der Waals surface area contributed by atoms with Crippen molar-refractivity contribution in [1.82, 2.24) is 0 Å². The summed E-state index contributed by atoms with van der Waals surface area (Å²) >= 11 is 0. The van der Waals surface area contributed by atoms with Crippen LogP contribution in [0.15, 0.2) is 0 Å². The number of phosphoric acid groups is 1. The second kappa shape index (κ2) is 36.1. The number of halogens is 1. The van der Waals surface area contributed by atoms with Crippen molar-refractivity contribution >= 4 is 15.5 Å². The number of quaternary nitrogens is 1. The number of hydrogen-bond acceptors (Lipinski definition) is 6. The first-order valence-corrected chi connectivity index (χ1v) is 25.0. The fourth-order valence-electron chi connectivity index (χ4n) is 6.24. The van der Waals surface area contributed by atoms with E-state index >= 15 is 0 Å². The van der Waals surface area contributed by atoms with Crippen molar-refractivity contribution in [2.24, 2.45) is 0 Å². The highest BCUT2D eigenvalue weighted by Gasteiger charge is 2.28. The predicted molar refractivity (Wildman–Crippen MR) is 222 cm³/mol. The van der Waals surface area contributed by atoms with Crippen LogP contribution in [0.4, 0.5) is 4.20 Å². The third-order valence-corrected chi connectivity index (χ3v) is 12.1. The fraction of sp³-hybridized carbons (Fsp3) is 0.952. The fourth-order valence-corrected chi connectivity index (χ4v) is 8.10. The molecular weight excluding hydrogens is 711 g/mol. The van der Waals surface area contributed by atoms with Gasteiger partial charge >= 0.3 is 15.5 Å². The Kier molecular flexibility index (Phi) is 35.9. The first kappa shape index (κ1) is 52.7. The number of ether oxygens (including phenoxy) is 1. The summed E-state index contributed by atoms with van der Waals surface area (Å²) in [6, 6.07) is 0. The molecule has 11 heteroatoms. The molecule has 0 aromatic carbocycles. The number of terminal acetylenes is 1. The van der Waals surface area contributed by atoms with Crippen LogP contribution in [0.3, 0.4) is 0 Å². The first-order valence-electron chi connectivity index (χ1n) is 21.8. The molecule has 0 amide bonds. The van der Waals surface area contributed by atoms with Crippen LogP contribution < -0.4 is 0 Å². The second-order valence-corrected chi connectivity index (χ2v) is 19.6. The number of unbranched alkanes of at least 4 members (excludes halogenated alkanes) is 27. The Morgan fingerprint density at radius 1 is 0.585 bits per heavy atom. The molecule has 1 N–H and O–H groups in total. The summed E-state index contributed by atoms with van der Waals surface area (Å²) in [6.07, 6.45) is 38.8. The minimum atomic E-state index is -4.33. The molecule has 0 saturated carbocycles. The molecule has 53 heavy (non-hydrogen) atoms. The van der Waals surface area contributed by atoms with E-state index in [4.69, 9.17) is 24.7 Å². The van der Waals surface area contributed by atoms with Crippen molar-refractivity contribution in [3.63, 3.8) is 0 Å². The zero-order chi connectivity index (χ0) is 39.4. The molecule has 0 rings (SSSR count). The van der Waals surface area contributed by atoms with E-state index in [0.29, 0.717) is 24.1 Å². The number of phosphoric ester groups is 1. The lowest BCUT2D eigenvalue weighted by atomic mass is 10.0. The number of nitrogens with zero attached hydrogens (tertiary/aromatic N) is 1. The molecular formula is C42H85FNO7P2+. The van der Waals surface area contributed by atoms with E-state index in [1.165, 1.54) is 128 Å². The van der Waals surface area contributed by atoms with Crippen molar-refractivity contribution in [3.8, 4) is 12.3 Å². The maximum absolute atomic E-state index is 14.9. The highest BCUT2D eigenvalue weighted by Crippen LogP contribution is 2.50. The standard InChI is InChI=1S/C42H84FNO7P2/c1-6-8-10-12-14-16-18-20-22-23-25-27-29-31-33-35-39-52(43,45)50-40-42(41-51-53(46,47)49-38-36-44(3,4)5)48-37-34-32-30-28-26-24-21-19-17-15-13-11-9-7-2/h1,42H,7-41H2,2-5H3/p+1. The van der Waals surface area contributed by atoms with Gasteiger partial charge < -0.3 is 18.6 Å². The van der Waals surface area contributed by atoms with Gasteiger partial charge in [0.15, 0.2) is 0 Å². The van der Waals surface area contributed by atoms with Gasteiger partial charge in [0.05, 0.1) is 40.5 Å². The maximum Gasteiger partial charge on any atom is 0.472 e. The smallest absolute Gasteiger partial charge is 0.373 e. The topological polar surface area (TPSA) is 91.3 Å². The summed E-state index contributed by atoms with van der Waals surface area (Å²) < 4.78 is 62.0. The van der Waals surface area contributed by atoms with Gasteiger partial charge in [-0.1, -0.05) is 167 Å². The van der Waals surface area contributed by atoms with E-state index < -0.39 is 21.6 Å². The van der Waals surface area contributed by atoms with Crippen LogP contribution in [0.1, 0.15) is 193 Å². The number of hydrogen-bond donors (Lipinski definition) is 1. The molecule has 0 fully saturated rings. The van der Waals surface area contributed by atoms with Crippen molar-refractivity contribution < 1.29 is 41.0 Å². The molecule has 3 atom stereocenters. The van der Waals surface area contributed by atoms with E-state index in [-0.39, 0.29) is 26.0 Å². The van der Waals surface area contributed by atoms with Gasteiger partial charge in [-0.3, -0.25) is 13.6 Å². The molecule has 0 heterocycles. The zero-order valence-electron chi connectivity index (χ0n) is 35.0. The van der Waals surface area contributed by atoms with Crippen molar-refractivity contribution in [3.05, 3.63) is 0 Å². The Bertz CT molecular complexity index is 943. The number of rotatable bonds is 42. The van der Waals surface area contributed by atoms with Gasteiger partial charge in [0.2, 0.25) is 0 Å². The Hall–Kier alpha value is -0.290. The average Bonchev–Trinajstić information content (AvgIpc) is 3.09. The number of likely N-dealkylation sites (N-methyl/N-ethyl adjacent to an activating group) is 1. The summed E-state index contributed by atoms with van der Waals surface area (Å²) in [5.41, 5.74) is 0. The Morgan fingerprint density at radius 3 is 1.42 bits per heavy atom. The monoisotopic (exact) mass is 797 g/mol. The van der Waals surface area contributed by atoms with Gasteiger partial charge in [0, 0.05) is 13.0 Å². The third-order valence-electron chi connectivity index (χ3n) is 9.74. The third kappa shape index (κ3) is 41.2. The highest BCUT2D eigenvalue weighted by atomic mass is 31.2. The maximum atomic E-state index is 14.9. The minimum absolute atomic E-state index is 0.0487. The summed E-state index contributed by atoms with van der Waals surface area (Å²) in [6.45, 7) is 2.59. The van der Waals surface area contributed by atoms with Crippen molar-refractivity contribution in [1.29, 1.82) is 0 Å². The molecule has 0 radical (unpaired) electrons. The Labute approximate surface area is 327 Å². The average molecular weight is 797 g/mol. The molecule has 316 valence electrons. The Balaban J connectivity index is 4.30. The van der Waals surface area contributed by atoms with E-state index in [0.717, 1.165) is 51.4 Å². The van der Waals surface area contributed by atoms with Gasteiger partial charge in [0.25, 0.3) is 0 Å². The first-order chi connectivity index (χ1) is 25.4. The predicted octanol–water partition coefficient (Wildman–Crippen LogP) is 13.4. The summed E-state index contributed by atoms with van der Waals surface area (Å²) in [5.74, 6) is 2.70.